The number of halogens is 1. The topological polar surface area (TPSA) is 56.1 Å². The van der Waals surface area contributed by atoms with E-state index in [0.29, 0.717) is 12.1 Å². The Balaban J connectivity index is 1.38. The number of para-hydroxylation sites is 2. The van der Waals surface area contributed by atoms with Crippen molar-refractivity contribution in [2.24, 2.45) is 0 Å². The average molecular weight is 389 g/mol. The summed E-state index contributed by atoms with van der Waals surface area (Å²) in [5.41, 5.74) is 4.38. The first kappa shape index (κ1) is 18.7. The number of nitrogens with one attached hydrogen (secondary N) is 1. The Kier molecular flexibility index (Phi) is 5.24. The molecule has 1 N–H and O–H groups in total. The summed E-state index contributed by atoms with van der Waals surface area (Å²) in [6.07, 6.45) is 2.50. The number of benzene rings is 3. The van der Waals surface area contributed by atoms with Crippen LogP contribution in [0.15, 0.2) is 73.1 Å². The fourth-order valence-electron chi connectivity index (χ4n) is 3.22. The summed E-state index contributed by atoms with van der Waals surface area (Å²) in [6.45, 7) is 0. The highest BCUT2D eigenvalue weighted by atomic mass is 19.1. The van der Waals surface area contributed by atoms with Gasteiger partial charge in [-0.1, -0.05) is 18.2 Å². The van der Waals surface area contributed by atoms with Gasteiger partial charge < -0.3 is 10.1 Å². The Morgan fingerprint density at radius 3 is 2.66 bits per heavy atom. The maximum Gasteiger partial charge on any atom is 0.224 e. The lowest BCUT2D eigenvalue weighted by atomic mass is 10.1. The van der Waals surface area contributed by atoms with Gasteiger partial charge in [-0.15, -0.1) is 0 Å². The molecular weight excluding hydrogens is 369 g/mol. The Bertz CT molecular complexity index is 1150. The predicted molar refractivity (Wildman–Crippen MR) is 111 cm³/mol. The molecule has 0 aliphatic heterocycles. The van der Waals surface area contributed by atoms with Crippen molar-refractivity contribution < 1.29 is 13.9 Å². The van der Waals surface area contributed by atoms with Crippen LogP contribution in [-0.4, -0.2) is 22.6 Å². The number of nitrogens with zero attached hydrogens (tertiary/aromatic N) is 2. The second-order valence-corrected chi connectivity index (χ2v) is 6.67. The van der Waals surface area contributed by atoms with Gasteiger partial charge in [-0.2, -0.15) is 0 Å². The molecular formula is C23H20FN3O2. The molecule has 0 unspecified atom stereocenters. The van der Waals surface area contributed by atoms with E-state index in [1.54, 1.807) is 18.5 Å². The van der Waals surface area contributed by atoms with Crippen LogP contribution in [-0.2, 0) is 11.2 Å². The average Bonchev–Trinajstić information content (AvgIpc) is 3.17. The molecule has 0 spiro atoms. The molecule has 0 saturated heterocycles. The SMILES string of the molecule is COc1ccc(CCC(=O)Nc2ccc(-n3cnc4ccccc43)cc2)cc1F. The van der Waals surface area contributed by atoms with E-state index < -0.39 is 5.82 Å². The minimum absolute atomic E-state index is 0.123. The van der Waals surface area contributed by atoms with Crippen molar-refractivity contribution >= 4 is 22.6 Å². The summed E-state index contributed by atoms with van der Waals surface area (Å²) in [5, 5.41) is 2.88. The standard InChI is InChI=1S/C23H20FN3O2/c1-29-22-12-6-16(14-19(22)24)7-13-23(28)26-17-8-10-18(11-9-17)27-15-25-20-4-2-3-5-21(20)27/h2-6,8-12,14-15H,7,13H2,1H3,(H,26,28). The van der Waals surface area contributed by atoms with E-state index in [9.17, 15) is 9.18 Å². The maximum absolute atomic E-state index is 13.7. The molecule has 0 fully saturated rings. The van der Waals surface area contributed by atoms with Gasteiger partial charge in [-0.25, -0.2) is 9.37 Å². The third-order valence-electron chi connectivity index (χ3n) is 4.74. The fraction of sp³-hybridized carbons (Fsp3) is 0.130. The quantitative estimate of drug-likeness (QED) is 0.518. The third kappa shape index (κ3) is 4.11. The molecule has 3 aromatic carbocycles. The number of aryl methyl sites for hydroxylation is 1. The van der Waals surface area contributed by atoms with E-state index in [4.69, 9.17) is 4.74 Å². The van der Waals surface area contributed by atoms with Crippen LogP contribution < -0.4 is 10.1 Å². The van der Waals surface area contributed by atoms with Crippen molar-refractivity contribution in [2.75, 3.05) is 12.4 Å². The number of hydrogen-bond acceptors (Lipinski definition) is 3. The summed E-state index contributed by atoms with van der Waals surface area (Å²) < 4.78 is 20.6. The zero-order valence-corrected chi connectivity index (χ0v) is 15.9. The number of anilines is 1. The molecule has 29 heavy (non-hydrogen) atoms. The molecule has 146 valence electrons. The van der Waals surface area contributed by atoms with Crippen molar-refractivity contribution in [1.29, 1.82) is 0 Å². The van der Waals surface area contributed by atoms with Gasteiger partial charge in [0, 0.05) is 17.8 Å². The molecule has 0 aliphatic rings. The van der Waals surface area contributed by atoms with Crippen LogP contribution in [0.25, 0.3) is 16.7 Å². The molecule has 1 amide bonds. The number of ether oxygens (including phenoxy) is 1. The van der Waals surface area contributed by atoms with Crippen LogP contribution >= 0.6 is 0 Å². The second-order valence-electron chi connectivity index (χ2n) is 6.67. The third-order valence-corrected chi connectivity index (χ3v) is 4.74. The zero-order chi connectivity index (χ0) is 20.2. The number of amides is 1. The second kappa shape index (κ2) is 8.14. The van der Waals surface area contributed by atoms with Crippen LogP contribution in [0.5, 0.6) is 5.75 Å². The molecule has 0 aliphatic carbocycles. The number of carbonyl (C=O) groups excluding carboxylic acids is 1. The monoisotopic (exact) mass is 389 g/mol. The van der Waals surface area contributed by atoms with E-state index >= 15 is 0 Å². The molecule has 0 saturated carbocycles. The molecule has 5 nitrogen and oxygen atoms in total. The van der Waals surface area contributed by atoms with E-state index in [-0.39, 0.29) is 18.1 Å². The lowest BCUT2D eigenvalue weighted by Gasteiger charge is -2.09. The van der Waals surface area contributed by atoms with E-state index in [0.717, 1.165) is 22.3 Å². The van der Waals surface area contributed by atoms with Crippen LogP contribution in [0.1, 0.15) is 12.0 Å². The Labute approximate surface area is 167 Å². The molecule has 4 rings (SSSR count). The molecule has 6 heteroatoms. The highest BCUT2D eigenvalue weighted by molar-refractivity contribution is 5.91. The molecule has 1 aromatic heterocycles. The number of rotatable bonds is 6. The largest absolute Gasteiger partial charge is 0.494 e. The van der Waals surface area contributed by atoms with Crippen molar-refractivity contribution in [3.05, 3.63) is 84.4 Å². The van der Waals surface area contributed by atoms with Gasteiger partial charge in [0.1, 0.15) is 6.33 Å². The smallest absolute Gasteiger partial charge is 0.224 e. The molecule has 4 aromatic rings. The number of hydrogen-bond donors (Lipinski definition) is 1. The van der Waals surface area contributed by atoms with Gasteiger partial charge in [-0.05, 0) is 60.5 Å². The first-order valence-corrected chi connectivity index (χ1v) is 9.29. The van der Waals surface area contributed by atoms with Crippen molar-refractivity contribution in [3.63, 3.8) is 0 Å². The minimum Gasteiger partial charge on any atom is -0.494 e. The number of fused-ring (bicyclic) bond motifs is 1. The Hall–Kier alpha value is -3.67. The first-order valence-electron chi connectivity index (χ1n) is 9.29. The highest BCUT2D eigenvalue weighted by Gasteiger charge is 2.08. The van der Waals surface area contributed by atoms with Gasteiger partial charge >= 0.3 is 0 Å². The van der Waals surface area contributed by atoms with Gasteiger partial charge in [-0.3, -0.25) is 9.36 Å². The maximum atomic E-state index is 13.7. The van der Waals surface area contributed by atoms with E-state index in [2.05, 4.69) is 10.3 Å². The molecule has 0 radical (unpaired) electrons. The van der Waals surface area contributed by atoms with Gasteiger partial charge in [0.05, 0.1) is 18.1 Å². The van der Waals surface area contributed by atoms with Crippen molar-refractivity contribution in [2.45, 2.75) is 12.8 Å². The lowest BCUT2D eigenvalue weighted by Crippen LogP contribution is -2.12. The summed E-state index contributed by atoms with van der Waals surface area (Å²) in [7, 11) is 1.42. The summed E-state index contributed by atoms with van der Waals surface area (Å²) in [6, 6.07) is 20.2. The van der Waals surface area contributed by atoms with Gasteiger partial charge in [0.15, 0.2) is 11.6 Å². The summed E-state index contributed by atoms with van der Waals surface area (Å²) >= 11 is 0. The summed E-state index contributed by atoms with van der Waals surface area (Å²) in [5.74, 6) is -0.348. The fourth-order valence-corrected chi connectivity index (χ4v) is 3.22. The van der Waals surface area contributed by atoms with Crippen LogP contribution in [0.4, 0.5) is 10.1 Å². The molecule has 0 bridgehead atoms. The first-order chi connectivity index (χ1) is 14.1. The van der Waals surface area contributed by atoms with E-state index in [1.807, 2.05) is 53.1 Å². The normalized spacial score (nSPS) is 10.8. The number of aromatic nitrogens is 2. The lowest BCUT2D eigenvalue weighted by molar-refractivity contribution is -0.116. The Morgan fingerprint density at radius 1 is 1.10 bits per heavy atom. The van der Waals surface area contributed by atoms with Gasteiger partial charge in [0.25, 0.3) is 0 Å². The number of imidazole rings is 1. The molecule has 0 atom stereocenters. The minimum atomic E-state index is -0.423. The Morgan fingerprint density at radius 2 is 1.90 bits per heavy atom. The van der Waals surface area contributed by atoms with Crippen molar-refractivity contribution in [3.8, 4) is 11.4 Å². The number of carbonyl (C=O) groups is 1. The summed E-state index contributed by atoms with van der Waals surface area (Å²) in [4.78, 5) is 16.6. The van der Waals surface area contributed by atoms with Crippen molar-refractivity contribution in [1.82, 2.24) is 9.55 Å². The van der Waals surface area contributed by atoms with Crippen LogP contribution in [0.3, 0.4) is 0 Å². The predicted octanol–water partition coefficient (Wildman–Crippen LogP) is 4.74. The van der Waals surface area contributed by atoms with Crippen LogP contribution in [0, 0.1) is 5.82 Å². The molecule has 1 heterocycles. The van der Waals surface area contributed by atoms with Gasteiger partial charge in [0.2, 0.25) is 5.91 Å². The zero-order valence-electron chi connectivity index (χ0n) is 15.9. The van der Waals surface area contributed by atoms with E-state index in [1.165, 1.54) is 13.2 Å². The highest BCUT2D eigenvalue weighted by Crippen LogP contribution is 2.21. The number of methoxy groups -OCH3 is 1. The van der Waals surface area contributed by atoms with Crippen LogP contribution in [0.2, 0.25) is 0 Å².